The van der Waals surface area contributed by atoms with Crippen molar-refractivity contribution >= 4 is 11.8 Å². The molecule has 110 valence electrons. The largest absolute Gasteiger partial charge is 0.489 e. The van der Waals surface area contributed by atoms with E-state index >= 15 is 0 Å². The Morgan fingerprint density at radius 3 is 2.71 bits per heavy atom. The van der Waals surface area contributed by atoms with E-state index in [0.29, 0.717) is 6.54 Å². The van der Waals surface area contributed by atoms with E-state index in [1.165, 1.54) is 12.1 Å². The van der Waals surface area contributed by atoms with Crippen LogP contribution in [0.25, 0.3) is 6.08 Å². The van der Waals surface area contributed by atoms with Gasteiger partial charge in [-0.05, 0) is 49.2 Å². The van der Waals surface area contributed by atoms with Crippen molar-refractivity contribution in [1.82, 2.24) is 0 Å². The molecule has 0 saturated carbocycles. The lowest BCUT2D eigenvalue weighted by Gasteiger charge is -2.16. The average molecular weight is 285 g/mol. The molecule has 0 heterocycles. The molecule has 3 heteroatoms. The van der Waals surface area contributed by atoms with Gasteiger partial charge in [0.2, 0.25) is 0 Å². The molecule has 0 spiro atoms. The molecule has 0 unspecified atom stereocenters. The van der Waals surface area contributed by atoms with Crippen LogP contribution in [0, 0.1) is 5.82 Å². The molecule has 1 N–H and O–H groups in total. The van der Waals surface area contributed by atoms with Gasteiger partial charge in [0, 0.05) is 6.54 Å². The van der Waals surface area contributed by atoms with Crippen LogP contribution in [-0.2, 0) is 6.54 Å². The summed E-state index contributed by atoms with van der Waals surface area (Å²) < 4.78 is 19.0. The molecule has 0 aromatic heterocycles. The number of para-hydroxylation sites is 2. The summed E-state index contributed by atoms with van der Waals surface area (Å²) in [6.07, 6.45) is 1.78. The van der Waals surface area contributed by atoms with Crippen LogP contribution >= 0.6 is 0 Å². The van der Waals surface area contributed by atoms with Crippen molar-refractivity contribution in [2.24, 2.45) is 0 Å². The van der Waals surface area contributed by atoms with Crippen LogP contribution in [0.1, 0.15) is 25.0 Å². The van der Waals surface area contributed by atoms with Gasteiger partial charge in [-0.15, -0.1) is 0 Å². The van der Waals surface area contributed by atoms with Gasteiger partial charge >= 0.3 is 0 Å². The molecule has 2 nitrogen and oxygen atoms in total. The normalized spacial score (nSPS) is 10.5. The Morgan fingerprint density at radius 1 is 1.24 bits per heavy atom. The van der Waals surface area contributed by atoms with Gasteiger partial charge in [0.25, 0.3) is 0 Å². The van der Waals surface area contributed by atoms with Crippen LogP contribution in [0.5, 0.6) is 5.75 Å². The third-order valence-corrected chi connectivity index (χ3v) is 3.05. The fourth-order valence-electron chi connectivity index (χ4n) is 2.08. The Bertz CT molecular complexity index is 622. The molecule has 2 aromatic carbocycles. The molecule has 2 aromatic rings. The van der Waals surface area contributed by atoms with E-state index in [4.69, 9.17) is 4.74 Å². The summed E-state index contributed by atoms with van der Waals surface area (Å²) in [5, 5.41) is 3.33. The molecule has 0 fully saturated rings. The van der Waals surface area contributed by atoms with E-state index in [2.05, 4.69) is 11.9 Å². The Balaban J connectivity index is 2.15. The van der Waals surface area contributed by atoms with Gasteiger partial charge < -0.3 is 10.1 Å². The van der Waals surface area contributed by atoms with Crippen molar-refractivity contribution in [1.29, 1.82) is 0 Å². The first-order valence-corrected chi connectivity index (χ1v) is 7.00. The number of anilines is 1. The highest BCUT2D eigenvalue weighted by molar-refractivity contribution is 5.58. The van der Waals surface area contributed by atoms with Crippen molar-refractivity contribution in [3.63, 3.8) is 0 Å². The van der Waals surface area contributed by atoms with Gasteiger partial charge in [0.15, 0.2) is 0 Å². The highest BCUT2D eigenvalue weighted by atomic mass is 19.1. The first-order chi connectivity index (χ1) is 10.1. The highest BCUT2D eigenvalue weighted by Crippen LogP contribution is 2.26. The van der Waals surface area contributed by atoms with Crippen LogP contribution in [0.2, 0.25) is 0 Å². The molecule has 0 amide bonds. The van der Waals surface area contributed by atoms with Crippen molar-refractivity contribution in [2.75, 3.05) is 5.32 Å². The van der Waals surface area contributed by atoms with Crippen molar-refractivity contribution < 1.29 is 9.13 Å². The summed E-state index contributed by atoms with van der Waals surface area (Å²) >= 11 is 0. The number of nitrogens with one attached hydrogen (secondary N) is 1. The first-order valence-electron chi connectivity index (χ1n) is 7.00. The zero-order valence-electron chi connectivity index (χ0n) is 12.4. The molecule has 0 saturated heterocycles. The third kappa shape index (κ3) is 4.09. The van der Waals surface area contributed by atoms with Crippen molar-refractivity contribution in [2.45, 2.75) is 26.5 Å². The fourth-order valence-corrected chi connectivity index (χ4v) is 2.08. The molecule has 0 aliphatic rings. The highest BCUT2D eigenvalue weighted by Gasteiger charge is 2.06. The monoisotopic (exact) mass is 285 g/mol. The Morgan fingerprint density at radius 2 is 2.00 bits per heavy atom. The van der Waals surface area contributed by atoms with Gasteiger partial charge in [0.1, 0.15) is 11.6 Å². The topological polar surface area (TPSA) is 21.3 Å². The minimum atomic E-state index is -0.253. The Labute approximate surface area is 125 Å². The molecule has 0 aliphatic carbocycles. The summed E-state index contributed by atoms with van der Waals surface area (Å²) in [6.45, 7) is 8.29. The van der Waals surface area contributed by atoms with Gasteiger partial charge in [-0.1, -0.05) is 30.9 Å². The number of hydrogen-bond donors (Lipinski definition) is 1. The van der Waals surface area contributed by atoms with Gasteiger partial charge in [0.05, 0.1) is 11.8 Å². The van der Waals surface area contributed by atoms with E-state index in [1.54, 1.807) is 12.1 Å². The first kappa shape index (κ1) is 15.1. The summed E-state index contributed by atoms with van der Waals surface area (Å²) in [5.41, 5.74) is 2.71. The predicted molar refractivity (Wildman–Crippen MR) is 86.0 cm³/mol. The Hall–Kier alpha value is -2.29. The second-order valence-corrected chi connectivity index (χ2v) is 5.06. The SMILES string of the molecule is C=Cc1cc(F)ccc1CNc1ccccc1OC(C)C. The van der Waals surface area contributed by atoms with E-state index < -0.39 is 0 Å². The number of benzene rings is 2. The second-order valence-electron chi connectivity index (χ2n) is 5.06. The van der Waals surface area contributed by atoms with Crippen LogP contribution in [-0.4, -0.2) is 6.10 Å². The lowest BCUT2D eigenvalue weighted by Crippen LogP contribution is -2.09. The smallest absolute Gasteiger partial charge is 0.142 e. The molecule has 2 rings (SSSR count). The van der Waals surface area contributed by atoms with E-state index in [0.717, 1.165) is 22.6 Å². The van der Waals surface area contributed by atoms with E-state index in [1.807, 2.05) is 38.1 Å². The maximum Gasteiger partial charge on any atom is 0.142 e. The Kier molecular flexibility index (Phi) is 4.99. The predicted octanol–water partition coefficient (Wildman–Crippen LogP) is 4.87. The van der Waals surface area contributed by atoms with Gasteiger partial charge in [-0.25, -0.2) is 4.39 Å². The second kappa shape index (κ2) is 6.93. The van der Waals surface area contributed by atoms with Crippen LogP contribution < -0.4 is 10.1 Å². The lowest BCUT2D eigenvalue weighted by molar-refractivity contribution is 0.243. The third-order valence-electron chi connectivity index (χ3n) is 3.05. The summed E-state index contributed by atoms with van der Waals surface area (Å²) in [7, 11) is 0. The molecule has 0 atom stereocenters. The van der Waals surface area contributed by atoms with Crippen LogP contribution in [0.3, 0.4) is 0 Å². The van der Waals surface area contributed by atoms with Gasteiger partial charge in [-0.2, -0.15) is 0 Å². The molecule has 0 aliphatic heterocycles. The molecular formula is C18H20FNO. The summed E-state index contributed by atoms with van der Waals surface area (Å²) in [5.74, 6) is 0.562. The van der Waals surface area contributed by atoms with Crippen LogP contribution in [0.4, 0.5) is 10.1 Å². The van der Waals surface area contributed by atoms with E-state index in [9.17, 15) is 4.39 Å². The fraction of sp³-hybridized carbons (Fsp3) is 0.222. The number of rotatable bonds is 6. The molecule has 21 heavy (non-hydrogen) atoms. The van der Waals surface area contributed by atoms with Gasteiger partial charge in [-0.3, -0.25) is 0 Å². The lowest BCUT2D eigenvalue weighted by atomic mass is 10.1. The number of halogens is 1. The van der Waals surface area contributed by atoms with Crippen molar-refractivity contribution in [3.8, 4) is 5.75 Å². The van der Waals surface area contributed by atoms with E-state index in [-0.39, 0.29) is 11.9 Å². The minimum Gasteiger partial charge on any atom is -0.489 e. The van der Waals surface area contributed by atoms with Crippen LogP contribution in [0.15, 0.2) is 49.0 Å². The average Bonchev–Trinajstić information content (AvgIpc) is 2.46. The zero-order chi connectivity index (χ0) is 15.2. The summed E-state index contributed by atoms with van der Waals surface area (Å²) in [4.78, 5) is 0. The standard InChI is InChI=1S/C18H20FNO/c1-4-14-11-16(19)10-9-15(14)12-20-17-7-5-6-8-18(17)21-13(2)3/h4-11,13,20H,1,12H2,2-3H3. The van der Waals surface area contributed by atoms with Crippen molar-refractivity contribution in [3.05, 3.63) is 66.0 Å². The molecule has 0 bridgehead atoms. The zero-order valence-corrected chi connectivity index (χ0v) is 12.4. The maximum absolute atomic E-state index is 13.2. The summed E-state index contributed by atoms with van der Waals surface area (Å²) in [6, 6.07) is 12.5. The molecular weight excluding hydrogens is 265 g/mol. The quantitative estimate of drug-likeness (QED) is 0.817. The number of ether oxygens (including phenoxy) is 1. The minimum absolute atomic E-state index is 0.113. The maximum atomic E-state index is 13.2. The molecule has 0 radical (unpaired) electrons. The number of hydrogen-bond acceptors (Lipinski definition) is 2.